The first kappa shape index (κ1) is 15.5. The Morgan fingerprint density at radius 3 is 2.52 bits per heavy atom. The van der Waals surface area contributed by atoms with Gasteiger partial charge in [-0.2, -0.15) is 0 Å². The standard InChI is InChI=1S/C16H19NO3S/c1-17-6-4-11-8-14(19-2)15(20-3)9-13(11)12-5-7-21-16(12)10-18/h5,7-10,17H,4,6H2,1-3H3. The maximum atomic E-state index is 11.2. The topological polar surface area (TPSA) is 47.6 Å². The molecule has 2 aromatic rings. The Morgan fingerprint density at radius 1 is 1.19 bits per heavy atom. The third-order valence-electron chi connectivity index (χ3n) is 3.35. The van der Waals surface area contributed by atoms with Crippen molar-refractivity contribution >= 4 is 17.6 Å². The van der Waals surface area contributed by atoms with Gasteiger partial charge >= 0.3 is 0 Å². The molecule has 1 aromatic heterocycles. The number of likely N-dealkylation sites (N-methyl/N-ethyl adjacent to an activating group) is 1. The van der Waals surface area contributed by atoms with E-state index in [0.717, 1.165) is 40.8 Å². The highest BCUT2D eigenvalue weighted by molar-refractivity contribution is 7.12. The van der Waals surface area contributed by atoms with Crippen LogP contribution in [0.3, 0.4) is 0 Å². The lowest BCUT2D eigenvalue weighted by Gasteiger charge is -2.15. The molecule has 112 valence electrons. The Hall–Kier alpha value is -1.85. The number of carbonyl (C=O) groups is 1. The van der Waals surface area contributed by atoms with E-state index in [1.807, 2.05) is 30.6 Å². The summed E-state index contributed by atoms with van der Waals surface area (Å²) in [5.41, 5.74) is 3.09. The zero-order valence-corrected chi connectivity index (χ0v) is 13.3. The molecule has 0 spiro atoms. The SMILES string of the molecule is CNCCc1cc(OC)c(OC)cc1-c1ccsc1C=O. The van der Waals surface area contributed by atoms with E-state index in [9.17, 15) is 4.79 Å². The lowest BCUT2D eigenvalue weighted by Crippen LogP contribution is -2.11. The normalized spacial score (nSPS) is 10.4. The van der Waals surface area contributed by atoms with Crippen molar-refractivity contribution in [1.82, 2.24) is 5.32 Å². The minimum atomic E-state index is 0.670. The van der Waals surface area contributed by atoms with Crippen molar-refractivity contribution in [2.75, 3.05) is 27.8 Å². The summed E-state index contributed by atoms with van der Waals surface area (Å²) in [6, 6.07) is 5.90. The van der Waals surface area contributed by atoms with Crippen LogP contribution in [-0.2, 0) is 6.42 Å². The van der Waals surface area contributed by atoms with Crippen molar-refractivity contribution in [3.8, 4) is 22.6 Å². The Labute approximate surface area is 128 Å². The number of thiophene rings is 1. The van der Waals surface area contributed by atoms with E-state index in [2.05, 4.69) is 5.32 Å². The van der Waals surface area contributed by atoms with Gasteiger partial charge in [-0.15, -0.1) is 11.3 Å². The van der Waals surface area contributed by atoms with Gasteiger partial charge in [0.25, 0.3) is 0 Å². The summed E-state index contributed by atoms with van der Waals surface area (Å²) < 4.78 is 10.8. The molecule has 0 saturated heterocycles. The molecule has 0 atom stereocenters. The van der Waals surface area contributed by atoms with Crippen molar-refractivity contribution < 1.29 is 14.3 Å². The maximum absolute atomic E-state index is 11.2. The number of nitrogens with one attached hydrogen (secondary N) is 1. The fourth-order valence-corrected chi connectivity index (χ4v) is 2.98. The molecule has 0 fully saturated rings. The zero-order chi connectivity index (χ0) is 15.2. The van der Waals surface area contributed by atoms with Crippen molar-refractivity contribution in [3.63, 3.8) is 0 Å². The molecule has 1 aromatic carbocycles. The molecule has 4 nitrogen and oxygen atoms in total. The van der Waals surface area contributed by atoms with Gasteiger partial charge in [-0.3, -0.25) is 4.79 Å². The monoisotopic (exact) mass is 305 g/mol. The van der Waals surface area contributed by atoms with Crippen molar-refractivity contribution in [2.45, 2.75) is 6.42 Å². The van der Waals surface area contributed by atoms with Crippen LogP contribution in [0, 0.1) is 0 Å². The quantitative estimate of drug-likeness (QED) is 0.799. The second kappa shape index (κ2) is 7.24. The first-order valence-electron chi connectivity index (χ1n) is 6.67. The molecule has 0 saturated carbocycles. The predicted molar refractivity (Wildman–Crippen MR) is 85.9 cm³/mol. The number of methoxy groups -OCH3 is 2. The van der Waals surface area contributed by atoms with Gasteiger partial charge in [0.2, 0.25) is 0 Å². The molecule has 1 N–H and O–H groups in total. The van der Waals surface area contributed by atoms with Crippen LogP contribution >= 0.6 is 11.3 Å². The summed E-state index contributed by atoms with van der Waals surface area (Å²) in [5.74, 6) is 1.37. The largest absolute Gasteiger partial charge is 0.493 e. The van der Waals surface area contributed by atoms with Crippen molar-refractivity contribution in [3.05, 3.63) is 34.0 Å². The Kier molecular flexibility index (Phi) is 5.36. The van der Waals surface area contributed by atoms with Gasteiger partial charge in [-0.25, -0.2) is 0 Å². The van der Waals surface area contributed by atoms with Crippen LogP contribution in [0.25, 0.3) is 11.1 Å². The molecule has 0 aliphatic heterocycles. The van der Waals surface area contributed by atoms with E-state index in [0.29, 0.717) is 11.5 Å². The number of rotatable bonds is 7. The number of hydrogen-bond acceptors (Lipinski definition) is 5. The Bertz CT molecular complexity index is 622. The first-order chi connectivity index (χ1) is 10.2. The van der Waals surface area contributed by atoms with Gasteiger partial charge in [-0.1, -0.05) is 0 Å². The van der Waals surface area contributed by atoms with E-state index < -0.39 is 0 Å². The van der Waals surface area contributed by atoms with Gasteiger partial charge < -0.3 is 14.8 Å². The molecule has 0 aliphatic carbocycles. The molecular weight excluding hydrogens is 286 g/mol. The molecular formula is C16H19NO3S. The van der Waals surface area contributed by atoms with Crippen molar-refractivity contribution in [2.24, 2.45) is 0 Å². The molecule has 21 heavy (non-hydrogen) atoms. The number of aldehydes is 1. The number of benzene rings is 1. The van der Waals surface area contributed by atoms with Crippen LogP contribution in [-0.4, -0.2) is 34.1 Å². The highest BCUT2D eigenvalue weighted by Crippen LogP contribution is 2.38. The van der Waals surface area contributed by atoms with E-state index in [-0.39, 0.29) is 0 Å². The summed E-state index contributed by atoms with van der Waals surface area (Å²) in [6.45, 7) is 0.850. The smallest absolute Gasteiger partial charge is 0.161 e. The maximum Gasteiger partial charge on any atom is 0.161 e. The lowest BCUT2D eigenvalue weighted by molar-refractivity contribution is 0.112. The first-order valence-corrected chi connectivity index (χ1v) is 7.55. The third-order valence-corrected chi connectivity index (χ3v) is 4.19. The molecule has 0 amide bonds. The second-order valence-electron chi connectivity index (χ2n) is 4.53. The summed E-state index contributed by atoms with van der Waals surface area (Å²) in [4.78, 5) is 11.9. The van der Waals surface area contributed by atoms with Crippen LogP contribution in [0.15, 0.2) is 23.6 Å². The van der Waals surface area contributed by atoms with Gasteiger partial charge in [0, 0.05) is 5.56 Å². The van der Waals surface area contributed by atoms with E-state index in [1.165, 1.54) is 11.3 Å². The molecule has 0 radical (unpaired) electrons. The van der Waals surface area contributed by atoms with Crippen molar-refractivity contribution in [1.29, 1.82) is 0 Å². The average Bonchev–Trinajstić information content (AvgIpc) is 3.00. The second-order valence-corrected chi connectivity index (χ2v) is 5.48. The lowest BCUT2D eigenvalue weighted by atomic mass is 9.97. The molecule has 0 bridgehead atoms. The predicted octanol–water partition coefficient (Wildman–Crippen LogP) is 3.01. The van der Waals surface area contributed by atoms with E-state index in [4.69, 9.17) is 9.47 Å². The van der Waals surface area contributed by atoms with Gasteiger partial charge in [0.15, 0.2) is 17.8 Å². The summed E-state index contributed by atoms with van der Waals surface area (Å²) in [6.07, 6.45) is 1.75. The number of carbonyl (C=O) groups excluding carboxylic acids is 1. The number of ether oxygens (including phenoxy) is 2. The Morgan fingerprint density at radius 2 is 1.90 bits per heavy atom. The third kappa shape index (κ3) is 3.25. The van der Waals surface area contributed by atoms with Crippen LogP contribution in [0.5, 0.6) is 11.5 Å². The summed E-state index contributed by atoms with van der Waals surface area (Å²) >= 11 is 1.44. The highest BCUT2D eigenvalue weighted by atomic mass is 32.1. The average molecular weight is 305 g/mol. The van der Waals surface area contributed by atoms with Crippen LogP contribution in [0.1, 0.15) is 15.2 Å². The van der Waals surface area contributed by atoms with Gasteiger partial charge in [0.1, 0.15) is 0 Å². The molecule has 5 heteroatoms. The number of hydrogen-bond donors (Lipinski definition) is 1. The summed E-state index contributed by atoms with van der Waals surface area (Å²) in [5, 5.41) is 5.07. The Balaban J connectivity index is 2.58. The zero-order valence-electron chi connectivity index (χ0n) is 12.4. The minimum absolute atomic E-state index is 0.670. The van der Waals surface area contributed by atoms with E-state index >= 15 is 0 Å². The van der Waals surface area contributed by atoms with Crippen LogP contribution in [0.2, 0.25) is 0 Å². The molecule has 0 unspecified atom stereocenters. The van der Waals surface area contributed by atoms with Crippen LogP contribution in [0.4, 0.5) is 0 Å². The minimum Gasteiger partial charge on any atom is -0.493 e. The van der Waals surface area contributed by atoms with Gasteiger partial charge in [-0.05, 0) is 54.7 Å². The van der Waals surface area contributed by atoms with Crippen LogP contribution < -0.4 is 14.8 Å². The van der Waals surface area contributed by atoms with Gasteiger partial charge in [0.05, 0.1) is 19.1 Å². The summed E-state index contributed by atoms with van der Waals surface area (Å²) in [7, 11) is 5.16. The highest BCUT2D eigenvalue weighted by Gasteiger charge is 2.15. The fraction of sp³-hybridized carbons (Fsp3) is 0.312. The fourth-order valence-electron chi connectivity index (χ4n) is 2.27. The molecule has 1 heterocycles. The molecule has 0 aliphatic rings. The molecule has 2 rings (SSSR count). The van der Waals surface area contributed by atoms with E-state index in [1.54, 1.807) is 14.2 Å².